The lowest BCUT2D eigenvalue weighted by molar-refractivity contribution is -0.860. The molecule has 1 amide bonds. The predicted octanol–water partition coefficient (Wildman–Crippen LogP) is 1.85. The number of likely N-dealkylation sites (N-methyl/N-ethyl adjacent to an activating group) is 1. The third-order valence-electron chi connectivity index (χ3n) is 4.09. The lowest BCUT2D eigenvalue weighted by Crippen LogP contribution is -3.06. The molecule has 0 fully saturated rings. The maximum absolute atomic E-state index is 12.6. The molecule has 0 bridgehead atoms. The highest BCUT2D eigenvalue weighted by atomic mass is 32.1. The zero-order chi connectivity index (χ0) is 15.5. The van der Waals surface area contributed by atoms with Gasteiger partial charge in [-0.2, -0.15) is 0 Å². The van der Waals surface area contributed by atoms with Crippen LogP contribution in [0, 0.1) is 0 Å². The number of carbonyl (C=O) groups excluding carboxylic acids is 1. The Labute approximate surface area is 136 Å². The van der Waals surface area contributed by atoms with E-state index in [1.807, 2.05) is 18.2 Å². The van der Waals surface area contributed by atoms with Gasteiger partial charge in [0.1, 0.15) is 12.6 Å². The van der Waals surface area contributed by atoms with E-state index in [4.69, 9.17) is 0 Å². The minimum absolute atomic E-state index is 0.0515. The van der Waals surface area contributed by atoms with E-state index in [2.05, 4.69) is 37.6 Å². The van der Waals surface area contributed by atoms with E-state index in [9.17, 15) is 4.79 Å². The van der Waals surface area contributed by atoms with Crippen molar-refractivity contribution < 1.29 is 9.69 Å². The maximum atomic E-state index is 12.6. The van der Waals surface area contributed by atoms with Gasteiger partial charge in [-0.25, -0.2) is 0 Å². The van der Waals surface area contributed by atoms with Gasteiger partial charge in [-0.3, -0.25) is 4.79 Å². The van der Waals surface area contributed by atoms with Gasteiger partial charge in [-0.15, -0.1) is 11.3 Å². The van der Waals surface area contributed by atoms with Gasteiger partial charge >= 0.3 is 0 Å². The van der Waals surface area contributed by atoms with Crippen molar-refractivity contribution >= 4 is 17.2 Å². The number of quaternary nitrogens is 1. The number of aryl methyl sites for hydroxylation is 2. The number of benzene rings is 1. The quantitative estimate of drug-likeness (QED) is 0.867. The van der Waals surface area contributed by atoms with Crippen molar-refractivity contribution in [1.29, 1.82) is 0 Å². The molecule has 1 atom stereocenters. The molecule has 0 radical (unpaired) electrons. The number of hydrogen-bond acceptors (Lipinski definition) is 2. The van der Waals surface area contributed by atoms with Crippen LogP contribution in [0.5, 0.6) is 0 Å². The molecule has 1 aromatic carbocycles. The fourth-order valence-electron chi connectivity index (χ4n) is 3.02. The van der Waals surface area contributed by atoms with Gasteiger partial charge in [0.2, 0.25) is 0 Å². The van der Waals surface area contributed by atoms with Crippen LogP contribution in [0.15, 0.2) is 36.4 Å². The Morgan fingerprint density at radius 1 is 1.27 bits per heavy atom. The van der Waals surface area contributed by atoms with E-state index in [0.717, 1.165) is 24.3 Å². The molecular formula is C18H23N2OS+. The molecule has 0 spiro atoms. The van der Waals surface area contributed by atoms with Crippen LogP contribution < -0.4 is 10.2 Å². The predicted molar refractivity (Wildman–Crippen MR) is 90.7 cm³/mol. The molecule has 0 aliphatic heterocycles. The molecule has 2 N–H and O–H groups in total. The van der Waals surface area contributed by atoms with E-state index in [-0.39, 0.29) is 11.9 Å². The summed E-state index contributed by atoms with van der Waals surface area (Å²) in [6, 6.07) is 12.4. The smallest absolute Gasteiger partial charge is 0.262 e. The van der Waals surface area contributed by atoms with Crippen molar-refractivity contribution in [1.82, 2.24) is 5.32 Å². The molecule has 1 aliphatic rings. The van der Waals surface area contributed by atoms with E-state index in [1.54, 1.807) is 11.3 Å². The Morgan fingerprint density at radius 3 is 2.73 bits per heavy atom. The van der Waals surface area contributed by atoms with Gasteiger partial charge in [-0.1, -0.05) is 30.3 Å². The maximum Gasteiger partial charge on any atom is 0.262 e. The largest absolute Gasteiger partial charge is 0.339 e. The minimum atomic E-state index is 0.0515. The van der Waals surface area contributed by atoms with Crippen LogP contribution in [0.1, 0.15) is 38.1 Å². The fraction of sp³-hybridized carbons (Fsp3) is 0.389. The number of amides is 1. The van der Waals surface area contributed by atoms with Gasteiger partial charge in [0, 0.05) is 4.88 Å². The normalized spacial score (nSPS) is 14.9. The molecule has 22 heavy (non-hydrogen) atoms. The molecule has 0 saturated heterocycles. The average Bonchev–Trinajstić information content (AvgIpc) is 3.08. The highest BCUT2D eigenvalue weighted by Crippen LogP contribution is 2.30. The van der Waals surface area contributed by atoms with E-state index < -0.39 is 0 Å². The summed E-state index contributed by atoms with van der Waals surface area (Å²) in [5.74, 6) is 0.0644. The number of fused-ring (bicyclic) bond motifs is 1. The second-order valence-corrected chi connectivity index (χ2v) is 7.40. The van der Waals surface area contributed by atoms with Crippen LogP contribution in [0.3, 0.4) is 0 Å². The first-order valence-corrected chi connectivity index (χ1v) is 8.71. The van der Waals surface area contributed by atoms with Gasteiger partial charge in [0.05, 0.1) is 19.0 Å². The number of hydrogen-bond donors (Lipinski definition) is 2. The number of rotatable bonds is 5. The lowest BCUT2D eigenvalue weighted by atomic mass is 10.1. The second kappa shape index (κ2) is 6.63. The van der Waals surface area contributed by atoms with Crippen LogP contribution in [0.25, 0.3) is 0 Å². The summed E-state index contributed by atoms with van der Waals surface area (Å²) in [6.07, 6.45) is 3.50. The van der Waals surface area contributed by atoms with Crippen LogP contribution >= 0.6 is 11.3 Å². The van der Waals surface area contributed by atoms with E-state index in [0.29, 0.717) is 0 Å². The Morgan fingerprint density at radius 2 is 2.05 bits per heavy atom. The molecule has 0 unspecified atom stereocenters. The van der Waals surface area contributed by atoms with Crippen molar-refractivity contribution in [3.8, 4) is 0 Å². The molecule has 0 saturated carbocycles. The van der Waals surface area contributed by atoms with E-state index >= 15 is 0 Å². The van der Waals surface area contributed by atoms with Crippen molar-refractivity contribution in [2.24, 2.45) is 0 Å². The molecule has 3 rings (SSSR count). The van der Waals surface area contributed by atoms with Crippen molar-refractivity contribution in [3.63, 3.8) is 0 Å². The van der Waals surface area contributed by atoms with Crippen LogP contribution in [-0.4, -0.2) is 26.5 Å². The molecule has 1 aliphatic carbocycles. The number of carbonyl (C=O) groups is 1. The Hall–Kier alpha value is -1.65. The minimum Gasteiger partial charge on any atom is -0.339 e. The summed E-state index contributed by atoms with van der Waals surface area (Å²) in [4.78, 5) is 16.2. The van der Waals surface area contributed by atoms with Crippen molar-refractivity contribution in [3.05, 3.63) is 57.3 Å². The fourth-order valence-corrected chi connectivity index (χ4v) is 4.17. The van der Waals surface area contributed by atoms with Gasteiger partial charge in [0.25, 0.3) is 5.91 Å². The lowest BCUT2D eigenvalue weighted by Gasteiger charge is -2.20. The molecule has 2 aromatic rings. The van der Waals surface area contributed by atoms with Crippen molar-refractivity contribution in [2.45, 2.75) is 25.3 Å². The van der Waals surface area contributed by atoms with Crippen LogP contribution in [0.4, 0.5) is 0 Å². The highest BCUT2D eigenvalue weighted by Gasteiger charge is 2.22. The first kappa shape index (κ1) is 15.3. The molecule has 3 nitrogen and oxygen atoms in total. The van der Waals surface area contributed by atoms with Crippen LogP contribution in [-0.2, 0) is 12.8 Å². The first-order valence-electron chi connectivity index (χ1n) is 7.90. The summed E-state index contributed by atoms with van der Waals surface area (Å²) in [5, 5.41) is 3.22. The summed E-state index contributed by atoms with van der Waals surface area (Å²) in [5.41, 5.74) is 2.55. The Balaban J connectivity index is 1.76. The molecule has 4 heteroatoms. The van der Waals surface area contributed by atoms with Gasteiger partial charge in [0.15, 0.2) is 0 Å². The summed E-state index contributed by atoms with van der Waals surface area (Å²) >= 11 is 1.67. The van der Waals surface area contributed by atoms with Crippen molar-refractivity contribution in [2.75, 3.05) is 20.6 Å². The standard InChI is InChI=1S/C18H22N2OS/c1-20(2)12-15(13-7-4-3-5-8-13)19-18(21)17-11-14-9-6-10-16(14)22-17/h3-5,7-8,11,15H,6,9-10,12H2,1-2H3,(H,19,21)/p+1/t15-/m0/s1. The molecule has 1 aromatic heterocycles. The zero-order valence-electron chi connectivity index (χ0n) is 13.2. The molecule has 1 heterocycles. The SMILES string of the molecule is C[NH+](C)C[C@H](NC(=O)c1cc2c(s1)CCC2)c1ccccc1. The summed E-state index contributed by atoms with van der Waals surface area (Å²) in [7, 11) is 4.23. The van der Waals surface area contributed by atoms with E-state index in [1.165, 1.54) is 27.3 Å². The Kier molecular flexibility index (Phi) is 4.60. The Bertz CT molecular complexity index is 627. The number of thiophene rings is 1. The average molecular weight is 315 g/mol. The summed E-state index contributed by atoms with van der Waals surface area (Å²) < 4.78 is 0. The van der Waals surface area contributed by atoms with Gasteiger partial charge < -0.3 is 10.2 Å². The highest BCUT2D eigenvalue weighted by molar-refractivity contribution is 7.14. The summed E-state index contributed by atoms with van der Waals surface area (Å²) in [6.45, 7) is 0.876. The topological polar surface area (TPSA) is 33.5 Å². The van der Waals surface area contributed by atoms with Gasteiger partial charge in [-0.05, 0) is 36.5 Å². The van der Waals surface area contributed by atoms with Crippen LogP contribution in [0.2, 0.25) is 0 Å². The first-order chi connectivity index (χ1) is 10.6. The number of nitrogens with one attached hydrogen (secondary N) is 2. The monoisotopic (exact) mass is 315 g/mol. The molecule has 116 valence electrons. The zero-order valence-corrected chi connectivity index (χ0v) is 14.0. The third kappa shape index (κ3) is 3.39. The third-order valence-corrected chi connectivity index (χ3v) is 5.33. The second-order valence-electron chi connectivity index (χ2n) is 6.26. The molecular weight excluding hydrogens is 292 g/mol.